The molecule has 1 atom stereocenters. The van der Waals surface area contributed by atoms with E-state index in [2.05, 4.69) is 105 Å². The molecule has 1 unspecified atom stereocenters. The maximum atomic E-state index is 12.3. The molecule has 0 aromatic heterocycles. The molecule has 0 aliphatic heterocycles. The maximum Gasteiger partial charge on any atom is 0.319 e. The van der Waals surface area contributed by atoms with Crippen LogP contribution in [0.5, 0.6) is 5.75 Å². The Balaban J connectivity index is 1.78. The zero-order chi connectivity index (χ0) is 23.5. The van der Waals surface area contributed by atoms with E-state index in [1.165, 1.54) is 21.5 Å². The van der Waals surface area contributed by atoms with Crippen LogP contribution >= 0.6 is 0 Å². The molecule has 1 aliphatic carbocycles. The smallest absolute Gasteiger partial charge is 0.319 e. The molecule has 1 N–H and O–H groups in total. The Morgan fingerprint density at radius 1 is 0.970 bits per heavy atom. The molecular weight excluding hydrogens is 422 g/mol. The van der Waals surface area contributed by atoms with Crippen LogP contribution in [0.25, 0.3) is 0 Å². The van der Waals surface area contributed by atoms with Crippen LogP contribution in [0.15, 0.2) is 78.9 Å². The molecule has 0 fully saturated rings. The molecule has 3 aromatic rings. The van der Waals surface area contributed by atoms with E-state index in [1.807, 2.05) is 6.92 Å². The minimum atomic E-state index is -2.68. The summed E-state index contributed by atoms with van der Waals surface area (Å²) in [6.07, 6.45) is 3.38. The average Bonchev–Trinajstić information content (AvgIpc) is 3.20. The van der Waals surface area contributed by atoms with Gasteiger partial charge in [0.05, 0.1) is 6.04 Å². The number of nitrogens with one attached hydrogen (secondary N) is 1. The van der Waals surface area contributed by atoms with Crippen molar-refractivity contribution in [3.8, 4) is 5.75 Å². The number of fused-ring (bicyclic) bond motifs is 1. The second-order valence-corrected chi connectivity index (χ2v) is 14.3. The van der Waals surface area contributed by atoms with E-state index in [-0.39, 0.29) is 17.0 Å². The normalized spacial score (nSPS) is 15.7. The van der Waals surface area contributed by atoms with Gasteiger partial charge in [0.1, 0.15) is 5.75 Å². The molecule has 33 heavy (non-hydrogen) atoms. The summed E-state index contributed by atoms with van der Waals surface area (Å²) >= 11 is 0. The number of carbonyl (C=O) groups is 1. The summed E-state index contributed by atoms with van der Waals surface area (Å²) in [5, 5.41) is 5.66. The van der Waals surface area contributed by atoms with Crippen LogP contribution in [0, 0.1) is 0 Å². The van der Waals surface area contributed by atoms with E-state index < -0.39 is 8.32 Å². The Morgan fingerprint density at radius 3 is 2.12 bits per heavy atom. The standard InChI is InChI=1S/C29H35NO2Si/c1-5-12-28(31)30-27-20-18-22-17-19-23(21-26(22)27)32-33(29(2,3)4,24-13-8-6-9-14-24)25-15-10-7-11-16-25/h6-11,13-17,19,21,27H,5,12,18,20H2,1-4H3,(H,30,31). The van der Waals surface area contributed by atoms with Crippen molar-refractivity contribution >= 4 is 24.6 Å². The first-order chi connectivity index (χ1) is 15.8. The largest absolute Gasteiger partial charge is 0.534 e. The molecule has 3 nitrogen and oxygen atoms in total. The Bertz CT molecular complexity index is 1050. The fourth-order valence-electron chi connectivity index (χ4n) is 5.11. The van der Waals surface area contributed by atoms with Crippen molar-refractivity contribution in [3.63, 3.8) is 0 Å². The molecule has 4 heteroatoms. The highest BCUT2D eigenvalue weighted by atomic mass is 28.4. The first-order valence-electron chi connectivity index (χ1n) is 12.1. The third-order valence-corrected chi connectivity index (χ3v) is 11.6. The zero-order valence-corrected chi connectivity index (χ0v) is 21.2. The molecule has 0 saturated heterocycles. The summed E-state index contributed by atoms with van der Waals surface area (Å²) in [6.45, 7) is 8.92. The predicted molar refractivity (Wildman–Crippen MR) is 139 cm³/mol. The lowest BCUT2D eigenvalue weighted by Crippen LogP contribution is -2.68. The number of hydrogen-bond acceptors (Lipinski definition) is 2. The minimum absolute atomic E-state index is 0.0711. The topological polar surface area (TPSA) is 38.3 Å². The van der Waals surface area contributed by atoms with Crippen LogP contribution < -0.4 is 20.1 Å². The van der Waals surface area contributed by atoms with Gasteiger partial charge in [0.2, 0.25) is 5.91 Å². The van der Waals surface area contributed by atoms with E-state index in [9.17, 15) is 4.79 Å². The molecule has 1 aliphatic rings. The summed E-state index contributed by atoms with van der Waals surface area (Å²) in [4.78, 5) is 12.3. The number of aryl methyl sites for hydroxylation is 1. The van der Waals surface area contributed by atoms with Crippen molar-refractivity contribution in [1.82, 2.24) is 5.32 Å². The second-order valence-electron chi connectivity index (χ2n) is 10.0. The highest BCUT2D eigenvalue weighted by Gasteiger charge is 2.52. The van der Waals surface area contributed by atoms with E-state index in [1.54, 1.807) is 0 Å². The molecule has 3 aromatic carbocycles. The van der Waals surface area contributed by atoms with E-state index >= 15 is 0 Å². The summed E-state index contributed by atoms with van der Waals surface area (Å²) in [5.74, 6) is 1.02. The van der Waals surface area contributed by atoms with Crippen LogP contribution in [0.4, 0.5) is 0 Å². The van der Waals surface area contributed by atoms with Gasteiger partial charge in [-0.3, -0.25) is 4.79 Å². The predicted octanol–water partition coefficient (Wildman–Crippen LogP) is 5.53. The van der Waals surface area contributed by atoms with Gasteiger partial charge in [-0.05, 0) is 57.9 Å². The van der Waals surface area contributed by atoms with Crippen LogP contribution in [-0.2, 0) is 11.2 Å². The van der Waals surface area contributed by atoms with E-state index in [0.29, 0.717) is 6.42 Å². The van der Waals surface area contributed by atoms with E-state index in [4.69, 9.17) is 4.43 Å². The summed E-state index contributed by atoms with van der Waals surface area (Å²) in [5.41, 5.74) is 2.52. The minimum Gasteiger partial charge on any atom is -0.534 e. The average molecular weight is 458 g/mol. The summed E-state index contributed by atoms with van der Waals surface area (Å²) in [6, 6.07) is 28.0. The number of hydrogen-bond donors (Lipinski definition) is 1. The highest BCUT2D eigenvalue weighted by molar-refractivity contribution is 7.00. The fraction of sp³-hybridized carbons (Fsp3) is 0.345. The van der Waals surface area contributed by atoms with Gasteiger partial charge in [0.25, 0.3) is 0 Å². The molecule has 0 heterocycles. The molecular formula is C29H35NO2Si. The Labute approximate surface area is 199 Å². The molecule has 0 saturated carbocycles. The third-order valence-electron chi connectivity index (χ3n) is 6.70. The van der Waals surface area contributed by atoms with Gasteiger partial charge in [0.15, 0.2) is 0 Å². The quantitative estimate of drug-likeness (QED) is 0.474. The van der Waals surface area contributed by atoms with Crippen molar-refractivity contribution in [1.29, 1.82) is 0 Å². The fourth-order valence-corrected chi connectivity index (χ4v) is 9.53. The summed E-state index contributed by atoms with van der Waals surface area (Å²) in [7, 11) is -2.68. The molecule has 172 valence electrons. The Morgan fingerprint density at radius 2 is 1.58 bits per heavy atom. The monoisotopic (exact) mass is 457 g/mol. The van der Waals surface area contributed by atoms with Crippen molar-refractivity contribution in [2.24, 2.45) is 0 Å². The first-order valence-corrected chi connectivity index (χ1v) is 14.0. The Kier molecular flexibility index (Phi) is 6.75. The lowest BCUT2D eigenvalue weighted by Gasteiger charge is -2.43. The number of rotatable bonds is 7. The van der Waals surface area contributed by atoms with Crippen LogP contribution in [-0.4, -0.2) is 14.2 Å². The van der Waals surface area contributed by atoms with Crippen LogP contribution in [0.1, 0.15) is 64.1 Å². The van der Waals surface area contributed by atoms with Crippen molar-refractivity contribution < 1.29 is 9.22 Å². The van der Waals surface area contributed by atoms with Gasteiger partial charge in [-0.15, -0.1) is 0 Å². The molecule has 0 bridgehead atoms. The molecule has 0 radical (unpaired) electrons. The van der Waals surface area contributed by atoms with Gasteiger partial charge >= 0.3 is 8.32 Å². The van der Waals surface area contributed by atoms with Gasteiger partial charge in [-0.25, -0.2) is 0 Å². The van der Waals surface area contributed by atoms with Gasteiger partial charge in [-0.1, -0.05) is 94.4 Å². The number of carbonyl (C=O) groups excluding carboxylic acids is 1. The van der Waals surface area contributed by atoms with Gasteiger partial charge in [0, 0.05) is 6.42 Å². The maximum absolute atomic E-state index is 12.3. The van der Waals surface area contributed by atoms with Gasteiger partial charge < -0.3 is 9.74 Å². The zero-order valence-electron chi connectivity index (χ0n) is 20.2. The van der Waals surface area contributed by atoms with E-state index in [0.717, 1.165) is 25.0 Å². The number of amides is 1. The first kappa shape index (κ1) is 23.3. The SMILES string of the molecule is CCCC(=O)NC1CCc2ccc(O[Si](c3ccccc3)(c3ccccc3)C(C)(C)C)cc21. The summed E-state index contributed by atoms with van der Waals surface area (Å²) < 4.78 is 7.19. The van der Waals surface area contributed by atoms with Crippen molar-refractivity contribution in [2.75, 3.05) is 0 Å². The van der Waals surface area contributed by atoms with Crippen molar-refractivity contribution in [3.05, 3.63) is 90.0 Å². The molecule has 4 rings (SSSR count). The van der Waals surface area contributed by atoms with Crippen LogP contribution in [0.3, 0.4) is 0 Å². The van der Waals surface area contributed by atoms with Crippen molar-refractivity contribution in [2.45, 2.75) is 64.5 Å². The highest BCUT2D eigenvalue weighted by Crippen LogP contribution is 2.40. The molecule has 0 spiro atoms. The molecule has 1 amide bonds. The van der Waals surface area contributed by atoms with Crippen LogP contribution in [0.2, 0.25) is 5.04 Å². The lowest BCUT2D eigenvalue weighted by molar-refractivity contribution is -0.121. The Hall–Kier alpha value is -2.85. The third kappa shape index (κ3) is 4.63. The lowest BCUT2D eigenvalue weighted by atomic mass is 10.1. The number of benzene rings is 3. The van der Waals surface area contributed by atoms with Gasteiger partial charge in [-0.2, -0.15) is 0 Å². The second kappa shape index (κ2) is 9.56.